The summed E-state index contributed by atoms with van der Waals surface area (Å²) in [7, 11) is 3.74. The Morgan fingerprint density at radius 2 is 1.94 bits per heavy atom. The van der Waals surface area contributed by atoms with Crippen molar-refractivity contribution in [3.63, 3.8) is 0 Å². The van der Waals surface area contributed by atoms with Crippen LogP contribution in [-0.4, -0.2) is 35.7 Å². The Morgan fingerprint density at radius 3 is 2.44 bits per heavy atom. The third kappa shape index (κ3) is 3.06. The van der Waals surface area contributed by atoms with Gasteiger partial charge >= 0.3 is 0 Å². The molecule has 1 rings (SSSR count). The second-order valence-corrected chi connectivity index (χ2v) is 5.06. The number of aliphatic hydroxyl groups excluding tert-OH is 1. The molecule has 0 fully saturated rings. The van der Waals surface area contributed by atoms with Crippen molar-refractivity contribution < 1.29 is 13.9 Å². The van der Waals surface area contributed by atoms with Gasteiger partial charge in [0.2, 0.25) is 0 Å². The number of benzene rings is 1. The van der Waals surface area contributed by atoms with Gasteiger partial charge in [-0.2, -0.15) is 0 Å². The van der Waals surface area contributed by atoms with Crippen molar-refractivity contribution in [3.8, 4) is 0 Å². The first-order chi connectivity index (χ1) is 8.31. The zero-order valence-corrected chi connectivity index (χ0v) is 11.4. The van der Waals surface area contributed by atoms with Crippen LogP contribution < -0.4 is 0 Å². The molecule has 0 radical (unpaired) electrons. The second kappa shape index (κ2) is 5.76. The molecule has 2 nitrogen and oxygen atoms in total. The van der Waals surface area contributed by atoms with Crippen LogP contribution in [-0.2, 0) is 6.42 Å². The number of hydrogen-bond donors (Lipinski definition) is 1. The van der Waals surface area contributed by atoms with Crippen molar-refractivity contribution in [2.75, 3.05) is 14.1 Å². The summed E-state index contributed by atoms with van der Waals surface area (Å²) < 4.78 is 26.6. The van der Waals surface area contributed by atoms with E-state index in [1.807, 2.05) is 32.8 Å². The van der Waals surface area contributed by atoms with Crippen LogP contribution in [0.2, 0.25) is 0 Å². The summed E-state index contributed by atoms with van der Waals surface area (Å²) in [6.45, 7) is 3.88. The van der Waals surface area contributed by atoms with Crippen LogP contribution in [0, 0.1) is 11.6 Å². The van der Waals surface area contributed by atoms with E-state index in [2.05, 4.69) is 0 Å². The molecule has 0 bridgehead atoms. The van der Waals surface area contributed by atoms with Gasteiger partial charge in [-0.25, -0.2) is 8.78 Å². The molecule has 4 heteroatoms. The molecule has 1 aromatic rings. The molecule has 0 aliphatic carbocycles. The molecule has 1 N–H and O–H groups in total. The van der Waals surface area contributed by atoms with Gasteiger partial charge in [0.05, 0.1) is 6.10 Å². The Kier molecular flexibility index (Phi) is 4.82. The molecule has 18 heavy (non-hydrogen) atoms. The van der Waals surface area contributed by atoms with Crippen molar-refractivity contribution in [2.45, 2.75) is 38.3 Å². The Labute approximate surface area is 107 Å². The maximum Gasteiger partial charge on any atom is 0.126 e. The van der Waals surface area contributed by atoms with Gasteiger partial charge in [0.1, 0.15) is 11.6 Å². The average molecular weight is 257 g/mol. The lowest BCUT2D eigenvalue weighted by molar-refractivity contribution is 0.00253. The highest BCUT2D eigenvalue weighted by atomic mass is 19.1. The lowest BCUT2D eigenvalue weighted by atomic mass is 9.86. The SMILES string of the molecule is CCC(C)(C(O)Cc1cc(F)ccc1F)N(C)C. The van der Waals surface area contributed by atoms with E-state index in [1.54, 1.807) is 0 Å². The minimum absolute atomic E-state index is 0.103. The average Bonchev–Trinajstić information content (AvgIpc) is 2.32. The van der Waals surface area contributed by atoms with E-state index < -0.39 is 23.3 Å². The summed E-state index contributed by atoms with van der Waals surface area (Å²) in [5.41, 5.74) is -0.248. The van der Waals surface area contributed by atoms with Crippen LogP contribution >= 0.6 is 0 Å². The minimum Gasteiger partial charge on any atom is -0.391 e. The second-order valence-electron chi connectivity index (χ2n) is 5.06. The van der Waals surface area contributed by atoms with Gasteiger partial charge in [-0.15, -0.1) is 0 Å². The number of likely N-dealkylation sites (N-methyl/N-ethyl adjacent to an activating group) is 1. The van der Waals surface area contributed by atoms with Gasteiger partial charge in [0.25, 0.3) is 0 Å². The van der Waals surface area contributed by atoms with E-state index in [4.69, 9.17) is 0 Å². The lowest BCUT2D eigenvalue weighted by Crippen LogP contribution is -2.51. The lowest BCUT2D eigenvalue weighted by Gasteiger charge is -2.40. The van der Waals surface area contributed by atoms with Gasteiger partial charge in [-0.05, 0) is 51.2 Å². The fraction of sp³-hybridized carbons (Fsp3) is 0.571. The van der Waals surface area contributed by atoms with Gasteiger partial charge in [0, 0.05) is 12.0 Å². The summed E-state index contributed by atoms with van der Waals surface area (Å²) in [4.78, 5) is 1.91. The first-order valence-electron chi connectivity index (χ1n) is 6.10. The van der Waals surface area contributed by atoms with E-state index in [9.17, 15) is 13.9 Å². The Hall–Kier alpha value is -1.00. The molecular weight excluding hydrogens is 236 g/mol. The Bertz CT molecular complexity index is 409. The molecule has 102 valence electrons. The van der Waals surface area contributed by atoms with E-state index in [0.717, 1.165) is 24.6 Å². The zero-order chi connectivity index (χ0) is 13.9. The first-order valence-corrected chi connectivity index (χ1v) is 6.10. The Morgan fingerprint density at radius 1 is 1.33 bits per heavy atom. The molecule has 0 aromatic heterocycles. The third-order valence-corrected chi connectivity index (χ3v) is 3.88. The number of nitrogens with zero attached hydrogens (tertiary/aromatic N) is 1. The molecule has 0 aliphatic heterocycles. The molecule has 0 amide bonds. The molecule has 2 atom stereocenters. The van der Waals surface area contributed by atoms with Crippen LogP contribution in [0.5, 0.6) is 0 Å². The summed E-state index contributed by atoms with van der Waals surface area (Å²) in [5.74, 6) is -0.964. The number of aliphatic hydroxyl groups is 1. The van der Waals surface area contributed by atoms with Crippen molar-refractivity contribution in [1.82, 2.24) is 4.90 Å². The fourth-order valence-corrected chi connectivity index (χ4v) is 1.98. The Balaban J connectivity index is 2.93. The third-order valence-electron chi connectivity index (χ3n) is 3.88. The van der Waals surface area contributed by atoms with Crippen LogP contribution in [0.1, 0.15) is 25.8 Å². The van der Waals surface area contributed by atoms with Crippen LogP contribution in [0.15, 0.2) is 18.2 Å². The van der Waals surface area contributed by atoms with Gasteiger partial charge in [-0.3, -0.25) is 0 Å². The molecule has 0 spiro atoms. The largest absolute Gasteiger partial charge is 0.391 e. The summed E-state index contributed by atoms with van der Waals surface area (Å²) in [5, 5.41) is 10.3. The summed E-state index contributed by atoms with van der Waals surface area (Å²) in [6, 6.07) is 3.32. The maximum absolute atomic E-state index is 13.5. The highest BCUT2D eigenvalue weighted by Gasteiger charge is 2.33. The molecule has 1 aromatic carbocycles. The topological polar surface area (TPSA) is 23.5 Å². The van der Waals surface area contributed by atoms with E-state index in [-0.39, 0.29) is 12.0 Å². The monoisotopic (exact) mass is 257 g/mol. The van der Waals surface area contributed by atoms with Crippen LogP contribution in [0.4, 0.5) is 8.78 Å². The van der Waals surface area contributed by atoms with Gasteiger partial charge in [0.15, 0.2) is 0 Å². The smallest absolute Gasteiger partial charge is 0.126 e. The quantitative estimate of drug-likeness (QED) is 0.876. The minimum atomic E-state index is -0.756. The molecule has 0 heterocycles. The van der Waals surface area contributed by atoms with Gasteiger partial charge < -0.3 is 10.0 Å². The van der Waals surface area contributed by atoms with Crippen LogP contribution in [0.3, 0.4) is 0 Å². The first kappa shape index (κ1) is 15.1. The fourth-order valence-electron chi connectivity index (χ4n) is 1.98. The van der Waals surface area contributed by atoms with Crippen LogP contribution in [0.25, 0.3) is 0 Å². The van der Waals surface area contributed by atoms with Crippen molar-refractivity contribution in [3.05, 3.63) is 35.4 Å². The molecule has 0 aliphatic rings. The molecule has 2 unspecified atom stereocenters. The van der Waals surface area contributed by atoms with E-state index in [0.29, 0.717) is 0 Å². The normalized spacial score (nSPS) is 16.7. The van der Waals surface area contributed by atoms with Crippen molar-refractivity contribution in [2.24, 2.45) is 0 Å². The summed E-state index contributed by atoms with van der Waals surface area (Å²) in [6.07, 6.45) is 0.0679. The predicted octanol–water partition coefficient (Wildman–Crippen LogP) is 2.60. The van der Waals surface area contributed by atoms with E-state index in [1.165, 1.54) is 0 Å². The summed E-state index contributed by atoms with van der Waals surface area (Å²) >= 11 is 0. The zero-order valence-electron chi connectivity index (χ0n) is 11.4. The van der Waals surface area contributed by atoms with Crippen molar-refractivity contribution >= 4 is 0 Å². The number of rotatable bonds is 5. The van der Waals surface area contributed by atoms with Gasteiger partial charge in [-0.1, -0.05) is 6.92 Å². The molecule has 0 saturated carbocycles. The maximum atomic E-state index is 13.5. The van der Waals surface area contributed by atoms with Crippen molar-refractivity contribution in [1.29, 1.82) is 0 Å². The molecular formula is C14H21F2NO. The standard InChI is InChI=1S/C14H21F2NO/c1-5-14(2,17(3)4)13(18)9-10-8-11(15)6-7-12(10)16/h6-8,13,18H,5,9H2,1-4H3. The highest BCUT2D eigenvalue weighted by molar-refractivity contribution is 5.20. The molecule has 0 saturated heterocycles. The van der Waals surface area contributed by atoms with E-state index >= 15 is 0 Å². The highest BCUT2D eigenvalue weighted by Crippen LogP contribution is 2.24. The number of halogens is 2. The predicted molar refractivity (Wildman–Crippen MR) is 68.5 cm³/mol. The number of hydrogen-bond acceptors (Lipinski definition) is 2.